The van der Waals surface area contributed by atoms with Crippen LogP contribution in [0.1, 0.15) is 16.1 Å². The molecule has 0 unspecified atom stereocenters. The van der Waals surface area contributed by atoms with Crippen molar-refractivity contribution < 1.29 is 17.6 Å². The molecule has 2 aromatic rings. The Kier molecular flexibility index (Phi) is 4.28. The lowest BCUT2D eigenvalue weighted by atomic mass is 10.2. The minimum Gasteiger partial charge on any atom is -0.345 e. The van der Waals surface area contributed by atoms with Gasteiger partial charge < -0.3 is 9.88 Å². The van der Waals surface area contributed by atoms with E-state index in [-0.39, 0.29) is 26.9 Å². The van der Waals surface area contributed by atoms with Gasteiger partial charge in [0.2, 0.25) is 10.0 Å². The SMILES string of the molecule is Cc1c(F)cc(NC(=O)c2cc(S(N)(=O)=O)cn2C)cc1Cl. The Labute approximate surface area is 131 Å². The van der Waals surface area contributed by atoms with Gasteiger partial charge in [-0.3, -0.25) is 4.79 Å². The van der Waals surface area contributed by atoms with Crippen LogP contribution in [-0.2, 0) is 17.1 Å². The van der Waals surface area contributed by atoms with Crippen molar-refractivity contribution in [3.8, 4) is 0 Å². The number of hydrogen-bond acceptors (Lipinski definition) is 3. The highest BCUT2D eigenvalue weighted by Crippen LogP contribution is 2.24. The van der Waals surface area contributed by atoms with Crippen LogP contribution in [0.5, 0.6) is 0 Å². The molecule has 0 atom stereocenters. The standard InChI is InChI=1S/C13H13ClFN3O3S/c1-7-10(14)3-8(4-11(7)15)17-13(19)12-5-9(6-18(12)2)22(16,20)21/h3-6H,1-2H3,(H,17,19)(H2,16,20,21). The topological polar surface area (TPSA) is 94.2 Å². The van der Waals surface area contributed by atoms with Crippen LogP contribution in [0.3, 0.4) is 0 Å². The molecule has 0 bridgehead atoms. The van der Waals surface area contributed by atoms with E-state index in [0.717, 1.165) is 12.1 Å². The number of primary sulfonamides is 1. The summed E-state index contributed by atoms with van der Waals surface area (Å²) in [6.07, 6.45) is 1.22. The fourth-order valence-electron chi connectivity index (χ4n) is 1.83. The number of carbonyl (C=O) groups is 1. The van der Waals surface area contributed by atoms with Gasteiger partial charge in [-0.2, -0.15) is 0 Å². The first-order valence-electron chi connectivity index (χ1n) is 6.05. The van der Waals surface area contributed by atoms with Crippen molar-refractivity contribution in [1.82, 2.24) is 4.57 Å². The van der Waals surface area contributed by atoms with Crippen molar-refractivity contribution in [2.45, 2.75) is 11.8 Å². The molecule has 0 aliphatic carbocycles. The quantitative estimate of drug-likeness (QED) is 0.891. The lowest BCUT2D eigenvalue weighted by Crippen LogP contribution is -2.15. The molecule has 0 radical (unpaired) electrons. The highest BCUT2D eigenvalue weighted by atomic mass is 35.5. The molecule has 0 spiro atoms. The summed E-state index contributed by atoms with van der Waals surface area (Å²) in [5.41, 5.74) is 0.493. The van der Waals surface area contributed by atoms with E-state index >= 15 is 0 Å². The molecule has 3 N–H and O–H groups in total. The predicted molar refractivity (Wildman–Crippen MR) is 80.9 cm³/mol. The van der Waals surface area contributed by atoms with Crippen LogP contribution in [0.15, 0.2) is 29.3 Å². The predicted octanol–water partition coefficient (Wildman–Crippen LogP) is 2.03. The number of aryl methyl sites for hydroxylation is 1. The molecule has 1 amide bonds. The van der Waals surface area contributed by atoms with Gasteiger partial charge in [-0.25, -0.2) is 17.9 Å². The third kappa shape index (κ3) is 3.29. The van der Waals surface area contributed by atoms with Crippen LogP contribution in [0.4, 0.5) is 10.1 Å². The average molecular weight is 346 g/mol. The summed E-state index contributed by atoms with van der Waals surface area (Å²) in [7, 11) is -2.42. The number of nitrogens with zero attached hydrogens (tertiary/aromatic N) is 1. The molecular weight excluding hydrogens is 333 g/mol. The lowest BCUT2D eigenvalue weighted by Gasteiger charge is -2.08. The number of nitrogens with two attached hydrogens (primary N) is 1. The summed E-state index contributed by atoms with van der Waals surface area (Å²) in [6.45, 7) is 1.51. The fraction of sp³-hybridized carbons (Fsp3) is 0.154. The monoisotopic (exact) mass is 345 g/mol. The summed E-state index contributed by atoms with van der Waals surface area (Å²) in [5.74, 6) is -1.17. The van der Waals surface area contributed by atoms with E-state index in [2.05, 4.69) is 5.32 Å². The molecule has 9 heteroatoms. The van der Waals surface area contributed by atoms with Crippen LogP contribution in [-0.4, -0.2) is 18.9 Å². The first kappa shape index (κ1) is 16.5. The maximum Gasteiger partial charge on any atom is 0.272 e. The van der Waals surface area contributed by atoms with Crippen LogP contribution in [0.2, 0.25) is 5.02 Å². The third-order valence-electron chi connectivity index (χ3n) is 3.08. The Bertz CT molecular complexity index is 838. The number of halogens is 2. The second-order valence-corrected chi connectivity index (χ2v) is 6.70. The molecule has 1 heterocycles. The number of anilines is 1. The molecule has 6 nitrogen and oxygen atoms in total. The van der Waals surface area contributed by atoms with Crippen molar-refractivity contribution >= 4 is 33.2 Å². The van der Waals surface area contributed by atoms with E-state index in [1.165, 1.54) is 30.8 Å². The Morgan fingerprint density at radius 3 is 2.50 bits per heavy atom. The molecule has 118 valence electrons. The van der Waals surface area contributed by atoms with Gasteiger partial charge >= 0.3 is 0 Å². The van der Waals surface area contributed by atoms with Gasteiger partial charge in [0.25, 0.3) is 5.91 Å². The molecule has 0 aliphatic heterocycles. The van der Waals surface area contributed by atoms with Crippen molar-refractivity contribution in [3.05, 3.63) is 46.5 Å². The van der Waals surface area contributed by atoms with Crippen molar-refractivity contribution in [3.63, 3.8) is 0 Å². The van der Waals surface area contributed by atoms with E-state index in [0.29, 0.717) is 0 Å². The smallest absolute Gasteiger partial charge is 0.272 e. The number of nitrogens with one attached hydrogen (secondary N) is 1. The Balaban J connectivity index is 2.32. The van der Waals surface area contributed by atoms with E-state index in [4.69, 9.17) is 16.7 Å². The average Bonchev–Trinajstić information content (AvgIpc) is 2.78. The van der Waals surface area contributed by atoms with Crippen molar-refractivity contribution in [2.75, 3.05) is 5.32 Å². The first-order valence-corrected chi connectivity index (χ1v) is 7.98. The maximum atomic E-state index is 13.6. The maximum absolute atomic E-state index is 13.6. The molecule has 0 fully saturated rings. The molecule has 1 aromatic heterocycles. The lowest BCUT2D eigenvalue weighted by molar-refractivity contribution is 0.101. The third-order valence-corrected chi connectivity index (χ3v) is 4.35. The van der Waals surface area contributed by atoms with Crippen molar-refractivity contribution in [2.24, 2.45) is 12.2 Å². The Hall–Kier alpha value is -1.90. The van der Waals surface area contributed by atoms with Gasteiger partial charge in [-0.05, 0) is 25.1 Å². The number of hydrogen-bond donors (Lipinski definition) is 2. The second-order valence-electron chi connectivity index (χ2n) is 4.74. The van der Waals surface area contributed by atoms with E-state index in [1.807, 2.05) is 0 Å². The second kappa shape index (κ2) is 5.71. The zero-order valence-electron chi connectivity index (χ0n) is 11.7. The zero-order chi connectivity index (χ0) is 16.7. The molecule has 0 saturated carbocycles. The largest absolute Gasteiger partial charge is 0.345 e. The molecule has 2 rings (SSSR count). The summed E-state index contributed by atoms with van der Waals surface area (Å²) in [6, 6.07) is 3.67. The number of carbonyl (C=O) groups excluding carboxylic acids is 1. The summed E-state index contributed by atoms with van der Waals surface area (Å²) in [5, 5.41) is 7.63. The molecule has 1 aromatic carbocycles. The molecule has 0 aliphatic rings. The number of aromatic nitrogens is 1. The highest BCUT2D eigenvalue weighted by molar-refractivity contribution is 7.89. The van der Waals surface area contributed by atoms with E-state index < -0.39 is 21.7 Å². The van der Waals surface area contributed by atoms with Crippen LogP contribution < -0.4 is 10.5 Å². The molecule has 22 heavy (non-hydrogen) atoms. The summed E-state index contributed by atoms with van der Waals surface area (Å²) < 4.78 is 37.4. The highest BCUT2D eigenvalue weighted by Gasteiger charge is 2.18. The number of rotatable bonds is 3. The minimum absolute atomic E-state index is 0.0566. The van der Waals surface area contributed by atoms with Gasteiger partial charge in [0.15, 0.2) is 0 Å². The summed E-state index contributed by atoms with van der Waals surface area (Å²) in [4.78, 5) is 12.0. The van der Waals surface area contributed by atoms with Crippen LogP contribution in [0.25, 0.3) is 0 Å². The zero-order valence-corrected chi connectivity index (χ0v) is 13.3. The van der Waals surface area contributed by atoms with E-state index in [1.54, 1.807) is 0 Å². The van der Waals surface area contributed by atoms with Crippen LogP contribution in [0, 0.1) is 12.7 Å². The first-order chi connectivity index (χ1) is 10.1. The summed E-state index contributed by atoms with van der Waals surface area (Å²) >= 11 is 5.85. The Morgan fingerprint density at radius 2 is 2.00 bits per heavy atom. The van der Waals surface area contributed by atoms with Crippen molar-refractivity contribution in [1.29, 1.82) is 0 Å². The minimum atomic E-state index is -3.91. The van der Waals surface area contributed by atoms with Gasteiger partial charge in [0, 0.05) is 29.5 Å². The Morgan fingerprint density at radius 1 is 1.36 bits per heavy atom. The van der Waals surface area contributed by atoms with Gasteiger partial charge in [0.1, 0.15) is 16.4 Å². The number of benzene rings is 1. The fourth-order valence-corrected chi connectivity index (χ4v) is 2.62. The number of sulfonamides is 1. The molecular formula is C13H13ClFN3O3S. The van der Waals surface area contributed by atoms with Gasteiger partial charge in [-0.1, -0.05) is 11.6 Å². The van der Waals surface area contributed by atoms with Gasteiger partial charge in [0.05, 0.1) is 0 Å². The normalized spacial score (nSPS) is 11.5. The molecule has 0 saturated heterocycles. The number of amides is 1. The van der Waals surface area contributed by atoms with Gasteiger partial charge in [-0.15, -0.1) is 0 Å². The van der Waals surface area contributed by atoms with E-state index in [9.17, 15) is 17.6 Å². The van der Waals surface area contributed by atoms with Crippen LogP contribution >= 0.6 is 11.6 Å².